The second-order valence-corrected chi connectivity index (χ2v) is 12.4. The Labute approximate surface area is 234 Å². The normalized spacial score (nSPS) is 12.2. The van der Waals surface area contributed by atoms with E-state index in [2.05, 4.69) is 21.2 Å². The van der Waals surface area contributed by atoms with Gasteiger partial charge in [-0.1, -0.05) is 72.2 Å². The van der Waals surface area contributed by atoms with Crippen LogP contribution < -0.4 is 9.62 Å². The number of nitrogens with zero attached hydrogens (tertiary/aromatic N) is 2. The highest BCUT2D eigenvalue weighted by atomic mass is 79.9. The van der Waals surface area contributed by atoms with E-state index in [1.807, 2.05) is 51.1 Å². The van der Waals surface area contributed by atoms with Crippen molar-refractivity contribution in [3.8, 4) is 0 Å². The Morgan fingerprint density at radius 3 is 2.18 bits per heavy atom. The fourth-order valence-electron chi connectivity index (χ4n) is 3.85. The van der Waals surface area contributed by atoms with Crippen LogP contribution in [0.4, 0.5) is 5.69 Å². The Morgan fingerprint density at radius 1 is 0.921 bits per heavy atom. The fraction of sp³-hybridized carbons (Fsp3) is 0.310. The summed E-state index contributed by atoms with van der Waals surface area (Å²) in [6.45, 7) is 7.66. The van der Waals surface area contributed by atoms with Crippen LogP contribution >= 0.6 is 15.9 Å². The summed E-state index contributed by atoms with van der Waals surface area (Å²) in [4.78, 5) is 28.4. The third-order valence-corrected chi connectivity index (χ3v) is 8.33. The van der Waals surface area contributed by atoms with E-state index in [1.165, 1.54) is 17.0 Å². The monoisotopic (exact) mass is 599 g/mol. The molecule has 3 aromatic carbocycles. The van der Waals surface area contributed by atoms with Crippen molar-refractivity contribution in [3.63, 3.8) is 0 Å². The number of anilines is 1. The zero-order chi connectivity index (χ0) is 27.9. The highest BCUT2D eigenvalue weighted by Crippen LogP contribution is 2.25. The molecule has 9 heteroatoms. The quantitative estimate of drug-likeness (QED) is 0.330. The predicted octanol–water partition coefficient (Wildman–Crippen LogP) is 5.14. The molecule has 3 rings (SSSR count). The Morgan fingerprint density at radius 2 is 1.58 bits per heavy atom. The van der Waals surface area contributed by atoms with Crippen molar-refractivity contribution in [1.82, 2.24) is 10.2 Å². The standard InChI is InChI=1S/C29H34BrN3O4S/c1-21(2)18-31-29(35)23(4)32(19-24-13-15-25(30)16-14-24)28(34)20-33(26-10-8-9-22(3)17-26)38(36,37)27-11-6-5-7-12-27/h5-17,21,23H,18-20H2,1-4H3,(H,31,35). The summed E-state index contributed by atoms with van der Waals surface area (Å²) in [7, 11) is -4.07. The molecule has 0 spiro atoms. The van der Waals surface area contributed by atoms with Crippen LogP contribution in [-0.4, -0.2) is 44.3 Å². The lowest BCUT2D eigenvalue weighted by atomic mass is 10.1. The number of carbonyl (C=O) groups excluding carboxylic acids is 2. The van der Waals surface area contributed by atoms with Gasteiger partial charge in [-0.25, -0.2) is 8.42 Å². The summed E-state index contributed by atoms with van der Waals surface area (Å²) in [5.74, 6) is -0.534. The van der Waals surface area contributed by atoms with Gasteiger partial charge in [-0.2, -0.15) is 0 Å². The van der Waals surface area contributed by atoms with E-state index in [4.69, 9.17) is 0 Å². The fourth-order valence-corrected chi connectivity index (χ4v) is 5.54. The first-order chi connectivity index (χ1) is 18.0. The largest absolute Gasteiger partial charge is 0.354 e. The number of aryl methyl sites for hydroxylation is 1. The number of carbonyl (C=O) groups is 2. The molecule has 0 aromatic heterocycles. The van der Waals surface area contributed by atoms with Crippen molar-refractivity contribution < 1.29 is 18.0 Å². The van der Waals surface area contributed by atoms with Crippen molar-refractivity contribution in [2.75, 3.05) is 17.4 Å². The maximum atomic E-state index is 13.9. The number of amides is 2. The van der Waals surface area contributed by atoms with Gasteiger partial charge in [0, 0.05) is 17.6 Å². The van der Waals surface area contributed by atoms with E-state index in [1.54, 1.807) is 43.3 Å². The highest BCUT2D eigenvalue weighted by molar-refractivity contribution is 9.10. The molecule has 0 fully saturated rings. The Balaban J connectivity index is 1.99. The highest BCUT2D eigenvalue weighted by Gasteiger charge is 2.32. The predicted molar refractivity (Wildman–Crippen MR) is 154 cm³/mol. The van der Waals surface area contributed by atoms with Gasteiger partial charge in [0.2, 0.25) is 11.8 Å². The molecule has 1 unspecified atom stereocenters. The van der Waals surface area contributed by atoms with Crippen LogP contribution in [0.5, 0.6) is 0 Å². The summed E-state index contributed by atoms with van der Waals surface area (Å²) in [5, 5.41) is 2.89. The van der Waals surface area contributed by atoms with Crippen molar-refractivity contribution in [3.05, 3.63) is 94.5 Å². The number of rotatable bonds is 11. The molecule has 0 aliphatic carbocycles. The summed E-state index contributed by atoms with van der Waals surface area (Å²) in [6, 6.07) is 21.7. The molecule has 0 bridgehead atoms. The van der Waals surface area contributed by atoms with E-state index >= 15 is 0 Å². The van der Waals surface area contributed by atoms with Gasteiger partial charge in [-0.05, 0) is 67.3 Å². The van der Waals surface area contributed by atoms with E-state index in [9.17, 15) is 18.0 Å². The number of benzene rings is 3. The van der Waals surface area contributed by atoms with Crippen LogP contribution in [0.3, 0.4) is 0 Å². The summed E-state index contributed by atoms with van der Waals surface area (Å²) in [6.07, 6.45) is 0. The molecule has 0 aliphatic heterocycles. The third kappa shape index (κ3) is 7.68. The number of hydrogen-bond acceptors (Lipinski definition) is 4. The first kappa shape index (κ1) is 29.4. The molecule has 38 heavy (non-hydrogen) atoms. The minimum atomic E-state index is -4.07. The molecule has 0 heterocycles. The number of sulfonamides is 1. The van der Waals surface area contributed by atoms with Gasteiger partial charge < -0.3 is 10.2 Å². The van der Waals surface area contributed by atoms with E-state index in [0.29, 0.717) is 12.2 Å². The molecule has 0 aliphatic rings. The van der Waals surface area contributed by atoms with Gasteiger partial charge in [-0.3, -0.25) is 13.9 Å². The molecule has 202 valence electrons. The zero-order valence-corrected chi connectivity index (χ0v) is 24.5. The smallest absolute Gasteiger partial charge is 0.264 e. The van der Waals surface area contributed by atoms with Crippen molar-refractivity contribution >= 4 is 43.5 Å². The van der Waals surface area contributed by atoms with Gasteiger partial charge >= 0.3 is 0 Å². The number of hydrogen-bond donors (Lipinski definition) is 1. The molecule has 1 N–H and O–H groups in total. The van der Waals surface area contributed by atoms with Gasteiger partial charge in [0.25, 0.3) is 10.0 Å². The van der Waals surface area contributed by atoms with Crippen molar-refractivity contribution in [2.24, 2.45) is 5.92 Å². The van der Waals surface area contributed by atoms with Crippen LogP contribution in [0.25, 0.3) is 0 Å². The third-order valence-electron chi connectivity index (χ3n) is 6.02. The molecular weight excluding hydrogens is 566 g/mol. The Kier molecular flexibility index (Phi) is 10.1. The average molecular weight is 601 g/mol. The van der Waals surface area contributed by atoms with Crippen LogP contribution in [0, 0.1) is 12.8 Å². The van der Waals surface area contributed by atoms with Gasteiger partial charge in [0.05, 0.1) is 10.6 Å². The molecule has 2 amide bonds. The van der Waals surface area contributed by atoms with E-state index in [-0.39, 0.29) is 23.3 Å². The van der Waals surface area contributed by atoms with Gasteiger partial charge in [0.1, 0.15) is 12.6 Å². The van der Waals surface area contributed by atoms with Crippen LogP contribution in [0.1, 0.15) is 31.9 Å². The van der Waals surface area contributed by atoms with E-state index in [0.717, 1.165) is 19.9 Å². The molecule has 3 aromatic rings. The van der Waals surface area contributed by atoms with Crippen molar-refractivity contribution in [2.45, 2.75) is 45.2 Å². The average Bonchev–Trinajstić information content (AvgIpc) is 2.89. The first-order valence-corrected chi connectivity index (χ1v) is 14.7. The van der Waals surface area contributed by atoms with Crippen LogP contribution in [-0.2, 0) is 26.2 Å². The lowest BCUT2D eigenvalue weighted by molar-refractivity contribution is -0.139. The Bertz CT molecular complexity index is 1350. The summed E-state index contributed by atoms with van der Waals surface area (Å²) < 4.78 is 29.5. The van der Waals surface area contributed by atoms with Gasteiger partial charge in [0.15, 0.2) is 0 Å². The topological polar surface area (TPSA) is 86.8 Å². The van der Waals surface area contributed by atoms with Crippen LogP contribution in [0.15, 0.2) is 88.2 Å². The summed E-state index contributed by atoms with van der Waals surface area (Å²) >= 11 is 3.42. The number of halogens is 1. The number of nitrogens with one attached hydrogen (secondary N) is 1. The molecule has 0 radical (unpaired) electrons. The Hall–Kier alpha value is -3.17. The second kappa shape index (κ2) is 13.1. The molecule has 0 saturated heterocycles. The summed E-state index contributed by atoms with van der Waals surface area (Å²) in [5.41, 5.74) is 2.05. The maximum Gasteiger partial charge on any atom is 0.264 e. The van der Waals surface area contributed by atoms with Crippen LogP contribution in [0.2, 0.25) is 0 Å². The van der Waals surface area contributed by atoms with E-state index < -0.39 is 28.5 Å². The molecule has 1 atom stereocenters. The molecule has 0 saturated carbocycles. The van der Waals surface area contributed by atoms with Crippen molar-refractivity contribution in [1.29, 1.82) is 0 Å². The zero-order valence-electron chi connectivity index (χ0n) is 22.1. The maximum absolute atomic E-state index is 13.9. The lowest BCUT2D eigenvalue weighted by Crippen LogP contribution is -2.51. The first-order valence-electron chi connectivity index (χ1n) is 12.4. The lowest BCUT2D eigenvalue weighted by Gasteiger charge is -2.32. The molecular formula is C29H34BrN3O4S. The minimum Gasteiger partial charge on any atom is -0.354 e. The SMILES string of the molecule is Cc1cccc(N(CC(=O)N(Cc2ccc(Br)cc2)C(C)C(=O)NCC(C)C)S(=O)(=O)c2ccccc2)c1. The second-order valence-electron chi connectivity index (χ2n) is 9.63. The molecule has 7 nitrogen and oxygen atoms in total. The van der Waals surface area contributed by atoms with Gasteiger partial charge in [-0.15, -0.1) is 0 Å². The minimum absolute atomic E-state index is 0.0801.